The molecule has 1 aromatic heterocycles. The zero-order valence-electron chi connectivity index (χ0n) is 11.2. The summed E-state index contributed by atoms with van der Waals surface area (Å²) in [6, 6.07) is 9.13. The number of fused-ring (bicyclic) bond motifs is 1. The van der Waals surface area contributed by atoms with Gasteiger partial charge in [0.15, 0.2) is 12.0 Å². The summed E-state index contributed by atoms with van der Waals surface area (Å²) in [4.78, 5) is 3.97. The highest BCUT2D eigenvalue weighted by atomic mass is 32.2. The summed E-state index contributed by atoms with van der Waals surface area (Å²) in [6.45, 7) is 0. The van der Waals surface area contributed by atoms with Gasteiger partial charge in [-0.15, -0.1) is 5.10 Å². The molecular formula is C14H14FN3O2S. The quantitative estimate of drug-likeness (QED) is 0.872. The van der Waals surface area contributed by atoms with Crippen molar-refractivity contribution in [1.82, 2.24) is 14.8 Å². The second kappa shape index (κ2) is 4.37. The van der Waals surface area contributed by atoms with Crippen molar-refractivity contribution in [3.05, 3.63) is 41.7 Å². The predicted octanol–water partition coefficient (Wildman–Crippen LogP) is 2.22. The number of aromatic nitrogens is 3. The number of benzene rings is 1. The molecule has 2 heterocycles. The lowest BCUT2D eigenvalue weighted by molar-refractivity contribution is 0.326. The van der Waals surface area contributed by atoms with E-state index in [1.54, 1.807) is 0 Å². The third-order valence-electron chi connectivity index (χ3n) is 4.05. The summed E-state index contributed by atoms with van der Waals surface area (Å²) in [5.41, 5.74) is 0.916. The molecule has 1 aliphatic heterocycles. The van der Waals surface area contributed by atoms with Gasteiger partial charge in [-0.3, -0.25) is 0 Å². The Kier molecular flexibility index (Phi) is 2.69. The predicted molar refractivity (Wildman–Crippen MR) is 73.3 cm³/mol. The van der Waals surface area contributed by atoms with Crippen LogP contribution >= 0.6 is 0 Å². The number of sulfone groups is 1. The zero-order valence-corrected chi connectivity index (χ0v) is 12.0. The molecular weight excluding hydrogens is 293 g/mol. The van der Waals surface area contributed by atoms with Crippen molar-refractivity contribution in [3.63, 3.8) is 0 Å². The van der Waals surface area contributed by atoms with Crippen molar-refractivity contribution >= 4 is 9.84 Å². The van der Waals surface area contributed by atoms with Crippen LogP contribution in [0.3, 0.4) is 0 Å². The van der Waals surface area contributed by atoms with E-state index in [-0.39, 0.29) is 28.7 Å². The van der Waals surface area contributed by atoms with Gasteiger partial charge in [0.2, 0.25) is 9.84 Å². The molecule has 0 amide bonds. The molecule has 2 aromatic rings. The summed E-state index contributed by atoms with van der Waals surface area (Å²) < 4.78 is 40.0. The topological polar surface area (TPSA) is 64.8 Å². The molecule has 110 valence electrons. The number of halogens is 1. The maximum absolute atomic E-state index is 14.2. The minimum Gasteiger partial charge on any atom is -0.239 e. The summed E-state index contributed by atoms with van der Waals surface area (Å²) in [6.07, 6.45) is 0.273. The number of rotatable bonds is 3. The van der Waals surface area contributed by atoms with Crippen LogP contribution in [0.4, 0.5) is 4.39 Å². The second-order valence-electron chi connectivity index (χ2n) is 5.57. The molecule has 2 atom stereocenters. The van der Waals surface area contributed by atoms with Crippen LogP contribution in [-0.2, 0) is 9.84 Å². The van der Waals surface area contributed by atoms with Crippen LogP contribution in [0.5, 0.6) is 0 Å². The van der Waals surface area contributed by atoms with Gasteiger partial charge in [-0.2, -0.15) is 4.98 Å². The molecule has 0 unspecified atom stereocenters. The van der Waals surface area contributed by atoms with E-state index in [1.165, 1.54) is 4.68 Å². The molecule has 0 N–H and O–H groups in total. The lowest BCUT2D eigenvalue weighted by Crippen LogP contribution is -2.12. The van der Waals surface area contributed by atoms with Crippen molar-refractivity contribution < 1.29 is 12.8 Å². The molecule has 0 radical (unpaired) electrons. The fourth-order valence-corrected chi connectivity index (χ4v) is 4.24. The van der Waals surface area contributed by atoms with Gasteiger partial charge < -0.3 is 0 Å². The first-order valence-electron chi connectivity index (χ1n) is 6.97. The molecule has 1 aliphatic carbocycles. The van der Waals surface area contributed by atoms with Crippen LogP contribution in [-0.4, -0.2) is 28.4 Å². The van der Waals surface area contributed by atoms with Crippen LogP contribution in [0.1, 0.15) is 42.9 Å². The van der Waals surface area contributed by atoms with Gasteiger partial charge in [0, 0.05) is 6.42 Å². The summed E-state index contributed by atoms with van der Waals surface area (Å²) in [5.74, 6) is 0.128. The average Bonchev–Trinajstić information content (AvgIpc) is 3.17. The molecule has 5 nitrogen and oxygen atoms in total. The highest BCUT2D eigenvalue weighted by Crippen LogP contribution is 2.41. The van der Waals surface area contributed by atoms with Gasteiger partial charge >= 0.3 is 0 Å². The molecule has 0 spiro atoms. The molecule has 7 heteroatoms. The highest BCUT2D eigenvalue weighted by molar-refractivity contribution is 7.92. The third kappa shape index (κ3) is 1.98. The molecule has 1 aromatic carbocycles. The van der Waals surface area contributed by atoms with Gasteiger partial charge in [0.05, 0.1) is 11.3 Å². The van der Waals surface area contributed by atoms with Gasteiger partial charge in [-0.05, 0) is 18.4 Å². The summed E-state index contributed by atoms with van der Waals surface area (Å²) >= 11 is 0. The Morgan fingerprint density at radius 1 is 1.19 bits per heavy atom. The third-order valence-corrected chi connectivity index (χ3v) is 6.08. The maximum atomic E-state index is 14.2. The van der Waals surface area contributed by atoms with E-state index in [0.29, 0.717) is 12.8 Å². The Morgan fingerprint density at radius 2 is 1.90 bits per heavy atom. The first-order chi connectivity index (χ1) is 10.1. The van der Waals surface area contributed by atoms with Gasteiger partial charge in [0.25, 0.3) is 5.16 Å². The van der Waals surface area contributed by atoms with Gasteiger partial charge in [-0.25, -0.2) is 17.5 Å². The van der Waals surface area contributed by atoms with Gasteiger partial charge in [0.1, 0.15) is 0 Å². The van der Waals surface area contributed by atoms with E-state index >= 15 is 0 Å². The lowest BCUT2D eigenvalue weighted by atomic mass is 10.0. The van der Waals surface area contributed by atoms with Crippen molar-refractivity contribution in [1.29, 1.82) is 0 Å². The fourth-order valence-electron chi connectivity index (χ4n) is 2.76. The smallest absolute Gasteiger partial charge is 0.239 e. The number of nitrogens with zero attached hydrogens (tertiary/aromatic N) is 3. The molecule has 2 aliphatic rings. The average molecular weight is 307 g/mol. The number of hydrogen-bond donors (Lipinski definition) is 0. The normalized spacial score (nSPS) is 25.0. The highest BCUT2D eigenvalue weighted by Gasteiger charge is 2.43. The Labute approximate surface area is 121 Å². The molecule has 0 bridgehead atoms. The van der Waals surface area contributed by atoms with Crippen LogP contribution in [0, 0.1) is 0 Å². The Bertz CT molecular complexity index is 784. The largest absolute Gasteiger partial charge is 0.267 e. The molecule has 1 fully saturated rings. The van der Waals surface area contributed by atoms with Crippen LogP contribution in [0.15, 0.2) is 35.5 Å². The first-order valence-corrected chi connectivity index (χ1v) is 8.51. The standard InChI is InChI=1S/C14H14FN3O2S/c15-11-8-12(9-4-2-1-3-5-9)18-13(11)16-14(17-18)21(19,20)10-6-7-10/h1-5,10-12H,6-8H2/t11-,12-/m1/s1. The van der Waals surface area contributed by atoms with E-state index < -0.39 is 16.0 Å². The minimum atomic E-state index is -3.48. The summed E-state index contributed by atoms with van der Waals surface area (Å²) in [7, 11) is -3.48. The van der Waals surface area contributed by atoms with Crippen molar-refractivity contribution in [2.75, 3.05) is 0 Å². The Morgan fingerprint density at radius 3 is 2.57 bits per heavy atom. The first kappa shape index (κ1) is 12.9. The second-order valence-corrected chi connectivity index (χ2v) is 7.69. The Balaban J connectivity index is 1.78. The van der Waals surface area contributed by atoms with Crippen LogP contribution in [0.2, 0.25) is 0 Å². The maximum Gasteiger partial charge on any atom is 0.267 e. The minimum absolute atomic E-state index is 0.128. The van der Waals surface area contributed by atoms with Crippen LogP contribution < -0.4 is 0 Å². The summed E-state index contributed by atoms with van der Waals surface area (Å²) in [5, 5.41) is 3.51. The number of hydrogen-bond acceptors (Lipinski definition) is 4. The SMILES string of the molecule is O=S(=O)(c1nc2n(n1)[C@@H](c1ccccc1)C[C@H]2F)C1CC1. The monoisotopic (exact) mass is 307 g/mol. The van der Waals surface area contributed by atoms with Crippen LogP contribution in [0.25, 0.3) is 0 Å². The van der Waals surface area contributed by atoms with E-state index in [9.17, 15) is 12.8 Å². The molecule has 4 rings (SSSR count). The fraction of sp³-hybridized carbons (Fsp3) is 0.429. The molecule has 0 saturated heterocycles. The van der Waals surface area contributed by atoms with Crippen molar-refractivity contribution in [3.8, 4) is 0 Å². The van der Waals surface area contributed by atoms with E-state index in [1.807, 2.05) is 30.3 Å². The van der Waals surface area contributed by atoms with Crippen molar-refractivity contribution in [2.24, 2.45) is 0 Å². The zero-order chi connectivity index (χ0) is 14.6. The lowest BCUT2D eigenvalue weighted by Gasteiger charge is -2.11. The molecule has 21 heavy (non-hydrogen) atoms. The molecule has 1 saturated carbocycles. The Hall–Kier alpha value is -1.76. The van der Waals surface area contributed by atoms with Gasteiger partial charge in [-0.1, -0.05) is 30.3 Å². The van der Waals surface area contributed by atoms with Crippen molar-refractivity contribution in [2.45, 2.75) is 41.9 Å². The van der Waals surface area contributed by atoms with E-state index in [4.69, 9.17) is 0 Å². The number of alkyl halides is 1. The van der Waals surface area contributed by atoms with E-state index in [2.05, 4.69) is 10.1 Å². The van der Waals surface area contributed by atoms with E-state index in [0.717, 1.165) is 5.56 Å².